The van der Waals surface area contributed by atoms with E-state index < -0.39 is 0 Å². The summed E-state index contributed by atoms with van der Waals surface area (Å²) in [6.45, 7) is 5.59. The van der Waals surface area contributed by atoms with Gasteiger partial charge in [-0.2, -0.15) is 0 Å². The first-order valence-corrected chi connectivity index (χ1v) is 7.44. The van der Waals surface area contributed by atoms with Crippen molar-refractivity contribution in [1.29, 1.82) is 0 Å². The summed E-state index contributed by atoms with van der Waals surface area (Å²) in [6.07, 6.45) is 4.92. The summed E-state index contributed by atoms with van der Waals surface area (Å²) in [5.41, 5.74) is 0.926. The minimum Gasteiger partial charge on any atom is -0.486 e. The fraction of sp³-hybridized carbons (Fsp3) is 0.600. The van der Waals surface area contributed by atoms with Crippen molar-refractivity contribution in [3.63, 3.8) is 0 Å². The monoisotopic (exact) mass is 283 g/mol. The van der Waals surface area contributed by atoms with Crippen LogP contribution in [-0.4, -0.2) is 19.3 Å². The largest absolute Gasteiger partial charge is 0.486 e. The van der Waals surface area contributed by atoms with Crippen LogP contribution in [0.15, 0.2) is 12.1 Å². The highest BCUT2D eigenvalue weighted by Gasteiger charge is 2.15. The average Bonchev–Trinajstić information content (AvgIpc) is 2.40. The van der Waals surface area contributed by atoms with Gasteiger partial charge in [0.15, 0.2) is 11.5 Å². The molecule has 1 aromatic rings. The molecule has 0 bridgehead atoms. The van der Waals surface area contributed by atoms with Gasteiger partial charge in [-0.1, -0.05) is 37.8 Å². The first-order valence-electron chi connectivity index (χ1n) is 7.06. The maximum atomic E-state index is 6.27. The molecule has 3 nitrogen and oxygen atoms in total. The molecule has 19 heavy (non-hydrogen) atoms. The third-order valence-corrected chi connectivity index (χ3v) is 3.59. The van der Waals surface area contributed by atoms with Crippen LogP contribution in [0.5, 0.6) is 11.5 Å². The molecular weight excluding hydrogens is 262 g/mol. The minimum atomic E-state index is 0.409. The van der Waals surface area contributed by atoms with Crippen LogP contribution in [0, 0.1) is 0 Å². The SMILES string of the molecule is CCCCCC(C)Nc1cc2c(cc1Cl)OCCO2. The number of halogens is 1. The maximum Gasteiger partial charge on any atom is 0.163 e. The second kappa shape index (κ2) is 6.90. The normalized spacial score (nSPS) is 15.1. The first kappa shape index (κ1) is 14.3. The van der Waals surface area contributed by atoms with Gasteiger partial charge in [0, 0.05) is 18.2 Å². The molecule has 0 amide bonds. The fourth-order valence-corrected chi connectivity index (χ4v) is 2.42. The summed E-state index contributed by atoms with van der Waals surface area (Å²) in [5, 5.41) is 4.14. The quantitative estimate of drug-likeness (QED) is 0.780. The number of nitrogens with one attached hydrogen (secondary N) is 1. The van der Waals surface area contributed by atoms with E-state index in [0.717, 1.165) is 23.6 Å². The van der Waals surface area contributed by atoms with Crippen molar-refractivity contribution in [2.45, 2.75) is 45.6 Å². The van der Waals surface area contributed by atoms with Crippen LogP contribution in [0.2, 0.25) is 5.02 Å². The Morgan fingerprint density at radius 1 is 1.21 bits per heavy atom. The molecular formula is C15H22ClNO2. The zero-order chi connectivity index (χ0) is 13.7. The molecule has 0 saturated heterocycles. The maximum absolute atomic E-state index is 6.27. The number of hydrogen-bond acceptors (Lipinski definition) is 3. The molecule has 0 saturated carbocycles. The number of hydrogen-bond donors (Lipinski definition) is 1. The van der Waals surface area contributed by atoms with Crippen molar-refractivity contribution in [1.82, 2.24) is 0 Å². The highest BCUT2D eigenvalue weighted by atomic mass is 35.5. The molecule has 2 rings (SSSR count). The van der Waals surface area contributed by atoms with Crippen LogP contribution < -0.4 is 14.8 Å². The third-order valence-electron chi connectivity index (χ3n) is 3.27. The van der Waals surface area contributed by atoms with E-state index in [1.54, 1.807) is 0 Å². The number of ether oxygens (including phenoxy) is 2. The summed E-state index contributed by atoms with van der Waals surface area (Å²) in [4.78, 5) is 0. The molecule has 1 N–H and O–H groups in total. The van der Waals surface area contributed by atoms with Crippen molar-refractivity contribution in [2.24, 2.45) is 0 Å². The predicted octanol–water partition coefficient (Wildman–Crippen LogP) is 4.49. The molecule has 1 heterocycles. The van der Waals surface area contributed by atoms with Crippen molar-refractivity contribution in [3.05, 3.63) is 17.2 Å². The van der Waals surface area contributed by atoms with Gasteiger partial charge >= 0.3 is 0 Å². The van der Waals surface area contributed by atoms with Crippen molar-refractivity contribution in [2.75, 3.05) is 18.5 Å². The molecule has 0 fully saturated rings. The first-order chi connectivity index (χ1) is 9.20. The highest BCUT2D eigenvalue weighted by molar-refractivity contribution is 6.33. The second-order valence-electron chi connectivity index (χ2n) is 5.02. The lowest BCUT2D eigenvalue weighted by Gasteiger charge is -2.22. The van der Waals surface area contributed by atoms with Gasteiger partial charge < -0.3 is 14.8 Å². The predicted molar refractivity (Wildman–Crippen MR) is 79.7 cm³/mol. The molecule has 0 aromatic heterocycles. The molecule has 106 valence electrons. The van der Waals surface area contributed by atoms with Gasteiger partial charge in [-0.05, 0) is 13.3 Å². The summed E-state index contributed by atoms with van der Waals surface area (Å²) in [6, 6.07) is 4.18. The van der Waals surface area contributed by atoms with E-state index >= 15 is 0 Å². The summed E-state index contributed by atoms with van der Waals surface area (Å²) in [5.74, 6) is 1.51. The van der Waals surface area contributed by atoms with Crippen molar-refractivity contribution < 1.29 is 9.47 Å². The van der Waals surface area contributed by atoms with Crippen LogP contribution in [0.4, 0.5) is 5.69 Å². The van der Waals surface area contributed by atoms with E-state index in [-0.39, 0.29) is 0 Å². The van der Waals surface area contributed by atoms with Crippen LogP contribution in [-0.2, 0) is 0 Å². The zero-order valence-electron chi connectivity index (χ0n) is 11.7. The minimum absolute atomic E-state index is 0.409. The molecule has 1 atom stereocenters. The number of fused-ring (bicyclic) bond motifs is 1. The Morgan fingerprint density at radius 3 is 2.58 bits per heavy atom. The van der Waals surface area contributed by atoms with Crippen LogP contribution in [0.3, 0.4) is 0 Å². The molecule has 1 unspecified atom stereocenters. The number of unbranched alkanes of at least 4 members (excludes halogenated alkanes) is 2. The lowest BCUT2D eigenvalue weighted by atomic mass is 10.1. The van der Waals surface area contributed by atoms with E-state index in [1.165, 1.54) is 19.3 Å². The van der Waals surface area contributed by atoms with E-state index in [4.69, 9.17) is 21.1 Å². The summed E-state index contributed by atoms with van der Waals surface area (Å²) >= 11 is 6.27. The Bertz CT molecular complexity index is 423. The number of anilines is 1. The van der Waals surface area contributed by atoms with Gasteiger partial charge in [0.1, 0.15) is 13.2 Å². The van der Waals surface area contributed by atoms with Crippen LogP contribution >= 0.6 is 11.6 Å². The Labute approximate surface area is 120 Å². The fourth-order valence-electron chi connectivity index (χ4n) is 2.21. The van der Waals surface area contributed by atoms with Crippen LogP contribution in [0.1, 0.15) is 39.5 Å². The van der Waals surface area contributed by atoms with Crippen LogP contribution in [0.25, 0.3) is 0 Å². The zero-order valence-corrected chi connectivity index (χ0v) is 12.4. The molecule has 4 heteroatoms. The van der Waals surface area contributed by atoms with Crippen molar-refractivity contribution in [3.8, 4) is 11.5 Å². The molecule has 0 aliphatic carbocycles. The van der Waals surface area contributed by atoms with Crippen molar-refractivity contribution >= 4 is 17.3 Å². The van der Waals surface area contributed by atoms with E-state index in [2.05, 4.69) is 19.2 Å². The molecule has 1 aliphatic rings. The van der Waals surface area contributed by atoms with Gasteiger partial charge in [0.25, 0.3) is 0 Å². The Morgan fingerprint density at radius 2 is 1.89 bits per heavy atom. The molecule has 1 aromatic carbocycles. The molecule has 0 spiro atoms. The lowest BCUT2D eigenvalue weighted by molar-refractivity contribution is 0.171. The van der Waals surface area contributed by atoms with Gasteiger partial charge in [-0.25, -0.2) is 0 Å². The number of benzene rings is 1. The average molecular weight is 284 g/mol. The number of rotatable bonds is 6. The molecule has 0 radical (unpaired) electrons. The van der Waals surface area contributed by atoms with E-state index in [1.807, 2.05) is 12.1 Å². The highest BCUT2D eigenvalue weighted by Crippen LogP contribution is 2.38. The third kappa shape index (κ3) is 3.93. The Balaban J connectivity index is 1.99. The summed E-state index contributed by atoms with van der Waals surface area (Å²) < 4.78 is 11.1. The second-order valence-corrected chi connectivity index (χ2v) is 5.42. The van der Waals surface area contributed by atoms with Gasteiger partial charge in [-0.15, -0.1) is 0 Å². The van der Waals surface area contributed by atoms with E-state index in [0.29, 0.717) is 24.3 Å². The Kier molecular flexibility index (Phi) is 5.20. The lowest BCUT2D eigenvalue weighted by Crippen LogP contribution is -2.18. The van der Waals surface area contributed by atoms with Gasteiger partial charge in [0.2, 0.25) is 0 Å². The summed E-state index contributed by atoms with van der Waals surface area (Å²) in [7, 11) is 0. The Hall–Kier alpha value is -1.09. The smallest absolute Gasteiger partial charge is 0.163 e. The van der Waals surface area contributed by atoms with Gasteiger partial charge in [-0.3, -0.25) is 0 Å². The molecule has 1 aliphatic heterocycles. The van der Waals surface area contributed by atoms with E-state index in [9.17, 15) is 0 Å². The van der Waals surface area contributed by atoms with Gasteiger partial charge in [0.05, 0.1) is 10.7 Å². The topological polar surface area (TPSA) is 30.5 Å². The standard InChI is InChI=1S/C15H22ClNO2/c1-3-4-5-6-11(2)17-13-10-15-14(9-12(13)16)18-7-8-19-15/h9-11,17H,3-8H2,1-2H3.